The predicted octanol–water partition coefficient (Wildman–Crippen LogP) is 2.24. The molecule has 2 heterocycles. The average molecular weight is 513 g/mol. The highest BCUT2D eigenvalue weighted by Crippen LogP contribution is 2.18. The Hall–Kier alpha value is -1.84. The summed E-state index contributed by atoms with van der Waals surface area (Å²) in [6.45, 7) is 9.44. The van der Waals surface area contributed by atoms with Crippen LogP contribution in [0.5, 0.6) is 0 Å². The summed E-state index contributed by atoms with van der Waals surface area (Å²) >= 11 is 0. The van der Waals surface area contributed by atoms with Crippen molar-refractivity contribution < 1.29 is 9.59 Å². The fraction of sp³-hybridized carbons (Fsp3) is 0.571. The second-order valence-electron chi connectivity index (χ2n) is 7.34. The van der Waals surface area contributed by atoms with Crippen LogP contribution in [-0.2, 0) is 9.59 Å². The van der Waals surface area contributed by atoms with Gasteiger partial charge in [0.2, 0.25) is 11.8 Å². The molecule has 1 aromatic carbocycles. The summed E-state index contributed by atoms with van der Waals surface area (Å²) in [4.78, 5) is 34.6. The van der Waals surface area contributed by atoms with E-state index in [9.17, 15) is 9.59 Å². The average Bonchev–Trinajstić information content (AvgIpc) is 2.69. The number of nitrogens with one attached hydrogen (secondary N) is 1. The zero-order valence-corrected chi connectivity index (χ0v) is 19.7. The number of amides is 2. The van der Waals surface area contributed by atoms with Gasteiger partial charge in [0.05, 0.1) is 6.54 Å². The Balaban J connectivity index is 0.00000300. The largest absolute Gasteiger partial charge is 0.368 e. The number of halogens is 1. The number of likely N-dealkylation sites (tertiary alicyclic amines) is 1. The van der Waals surface area contributed by atoms with Gasteiger partial charge in [0.1, 0.15) is 0 Å². The standard InChI is InChI=1S/C21H31N5O2.HI/c1-3-22-21(23-10-11-26-19(27)8-5-9-20(26)28)25-14-12-24(13-15-25)18-7-4-6-17(2)16-18;/h4,6-7,16H,3,5,8-15H2,1-2H3,(H,22,23);1H. The highest BCUT2D eigenvalue weighted by molar-refractivity contribution is 14.0. The molecule has 0 spiro atoms. The van der Waals surface area contributed by atoms with E-state index in [1.165, 1.54) is 16.2 Å². The number of carbonyl (C=O) groups excluding carboxylic acids is 2. The molecule has 2 aliphatic heterocycles. The van der Waals surface area contributed by atoms with Gasteiger partial charge in [-0.15, -0.1) is 24.0 Å². The van der Waals surface area contributed by atoms with E-state index in [1.54, 1.807) is 0 Å². The van der Waals surface area contributed by atoms with Gasteiger partial charge in [-0.2, -0.15) is 0 Å². The molecule has 0 aromatic heterocycles. The minimum absolute atomic E-state index is 0. The maximum atomic E-state index is 11.9. The molecular formula is C21H32IN5O2. The molecule has 0 saturated carbocycles. The number of guanidine groups is 1. The zero-order valence-electron chi connectivity index (χ0n) is 17.4. The number of benzene rings is 1. The van der Waals surface area contributed by atoms with Crippen LogP contribution in [0.2, 0.25) is 0 Å². The zero-order chi connectivity index (χ0) is 19.9. The monoisotopic (exact) mass is 513 g/mol. The molecule has 0 unspecified atom stereocenters. The molecule has 3 rings (SSSR count). The first kappa shape index (κ1) is 23.4. The van der Waals surface area contributed by atoms with E-state index in [1.807, 2.05) is 0 Å². The van der Waals surface area contributed by atoms with E-state index in [2.05, 4.69) is 58.2 Å². The van der Waals surface area contributed by atoms with Crippen molar-refractivity contribution in [1.29, 1.82) is 0 Å². The third-order valence-corrected chi connectivity index (χ3v) is 5.25. The Labute approximate surface area is 190 Å². The summed E-state index contributed by atoms with van der Waals surface area (Å²) in [6.07, 6.45) is 1.61. The lowest BCUT2D eigenvalue weighted by Crippen LogP contribution is -2.52. The first-order valence-electron chi connectivity index (χ1n) is 10.3. The molecule has 7 nitrogen and oxygen atoms in total. The van der Waals surface area contributed by atoms with Crippen LogP contribution in [0.15, 0.2) is 29.3 Å². The SMILES string of the molecule is CCNC(=NCCN1C(=O)CCCC1=O)N1CCN(c2cccc(C)c2)CC1.I. The molecule has 0 bridgehead atoms. The summed E-state index contributed by atoms with van der Waals surface area (Å²) in [5.74, 6) is 0.731. The van der Waals surface area contributed by atoms with Gasteiger partial charge in [-0.1, -0.05) is 12.1 Å². The van der Waals surface area contributed by atoms with E-state index in [0.717, 1.165) is 38.7 Å². The Kier molecular flexibility index (Phi) is 9.19. The molecule has 2 amide bonds. The summed E-state index contributed by atoms with van der Waals surface area (Å²) in [5.41, 5.74) is 2.54. The van der Waals surface area contributed by atoms with Crippen molar-refractivity contribution in [2.75, 3.05) is 50.7 Å². The van der Waals surface area contributed by atoms with Crippen molar-refractivity contribution in [2.24, 2.45) is 4.99 Å². The molecule has 1 aromatic rings. The lowest BCUT2D eigenvalue weighted by Gasteiger charge is -2.38. The first-order chi connectivity index (χ1) is 13.6. The number of imide groups is 1. The number of anilines is 1. The van der Waals surface area contributed by atoms with Crippen LogP contribution in [0.3, 0.4) is 0 Å². The van der Waals surface area contributed by atoms with Crippen molar-refractivity contribution in [3.63, 3.8) is 0 Å². The van der Waals surface area contributed by atoms with Gasteiger partial charge in [-0.05, 0) is 38.0 Å². The number of piperazine rings is 1. The van der Waals surface area contributed by atoms with E-state index in [4.69, 9.17) is 0 Å². The number of rotatable bonds is 5. The lowest BCUT2D eigenvalue weighted by molar-refractivity contribution is -0.147. The first-order valence-corrected chi connectivity index (χ1v) is 10.3. The smallest absolute Gasteiger partial charge is 0.229 e. The van der Waals surface area contributed by atoms with Gasteiger partial charge in [0, 0.05) is 57.8 Å². The van der Waals surface area contributed by atoms with E-state index >= 15 is 0 Å². The van der Waals surface area contributed by atoms with Crippen LogP contribution in [0.1, 0.15) is 31.7 Å². The minimum Gasteiger partial charge on any atom is -0.368 e. The lowest BCUT2D eigenvalue weighted by atomic mass is 10.1. The Bertz CT molecular complexity index is 716. The molecule has 0 radical (unpaired) electrons. The van der Waals surface area contributed by atoms with Gasteiger partial charge in [-0.3, -0.25) is 19.5 Å². The second-order valence-corrected chi connectivity index (χ2v) is 7.34. The van der Waals surface area contributed by atoms with E-state index in [0.29, 0.717) is 32.4 Å². The third-order valence-electron chi connectivity index (χ3n) is 5.25. The van der Waals surface area contributed by atoms with Crippen LogP contribution in [0.25, 0.3) is 0 Å². The Morgan fingerprint density at radius 1 is 1.10 bits per heavy atom. The van der Waals surface area contributed by atoms with Crippen LogP contribution in [0, 0.1) is 6.92 Å². The van der Waals surface area contributed by atoms with Crippen LogP contribution in [-0.4, -0.2) is 73.4 Å². The number of hydrogen-bond acceptors (Lipinski definition) is 4. The number of nitrogens with zero attached hydrogens (tertiary/aromatic N) is 4. The second kappa shape index (κ2) is 11.4. The fourth-order valence-electron chi connectivity index (χ4n) is 3.73. The van der Waals surface area contributed by atoms with Gasteiger partial charge in [-0.25, -0.2) is 0 Å². The van der Waals surface area contributed by atoms with Crippen LogP contribution in [0.4, 0.5) is 5.69 Å². The van der Waals surface area contributed by atoms with E-state index < -0.39 is 0 Å². The van der Waals surface area contributed by atoms with Gasteiger partial charge >= 0.3 is 0 Å². The molecule has 2 saturated heterocycles. The summed E-state index contributed by atoms with van der Waals surface area (Å²) in [7, 11) is 0. The third kappa shape index (κ3) is 6.32. The van der Waals surface area contributed by atoms with Crippen molar-refractivity contribution in [3.05, 3.63) is 29.8 Å². The minimum atomic E-state index is -0.0665. The van der Waals surface area contributed by atoms with E-state index in [-0.39, 0.29) is 35.8 Å². The molecule has 0 aliphatic carbocycles. The fourth-order valence-corrected chi connectivity index (χ4v) is 3.73. The number of carbonyl (C=O) groups is 2. The van der Waals surface area contributed by atoms with Gasteiger partial charge in [0.25, 0.3) is 0 Å². The predicted molar refractivity (Wildman–Crippen MR) is 127 cm³/mol. The van der Waals surface area contributed by atoms with Crippen molar-refractivity contribution in [3.8, 4) is 0 Å². The molecule has 160 valence electrons. The molecule has 0 atom stereocenters. The van der Waals surface area contributed by atoms with Gasteiger partial charge < -0.3 is 15.1 Å². The highest BCUT2D eigenvalue weighted by Gasteiger charge is 2.25. The number of aliphatic imine (C=N–C) groups is 1. The topological polar surface area (TPSA) is 68.2 Å². The van der Waals surface area contributed by atoms with Crippen molar-refractivity contribution >= 4 is 47.4 Å². The molecule has 8 heteroatoms. The number of aryl methyl sites for hydroxylation is 1. The summed E-state index contributed by atoms with van der Waals surface area (Å²) in [6, 6.07) is 8.61. The van der Waals surface area contributed by atoms with Crippen LogP contribution < -0.4 is 10.2 Å². The quantitative estimate of drug-likeness (QED) is 0.283. The highest BCUT2D eigenvalue weighted by atomic mass is 127. The molecule has 2 aliphatic rings. The number of hydrogen-bond donors (Lipinski definition) is 1. The summed E-state index contributed by atoms with van der Waals surface area (Å²) in [5, 5.41) is 3.35. The van der Waals surface area contributed by atoms with Crippen molar-refractivity contribution in [1.82, 2.24) is 15.1 Å². The molecule has 2 fully saturated rings. The Morgan fingerprint density at radius 2 is 1.79 bits per heavy atom. The van der Waals surface area contributed by atoms with Crippen LogP contribution >= 0.6 is 24.0 Å². The molecule has 29 heavy (non-hydrogen) atoms. The van der Waals surface area contributed by atoms with Gasteiger partial charge in [0.15, 0.2) is 5.96 Å². The maximum absolute atomic E-state index is 11.9. The molecule has 1 N–H and O–H groups in total. The van der Waals surface area contributed by atoms with Crippen molar-refractivity contribution in [2.45, 2.75) is 33.1 Å². The summed E-state index contributed by atoms with van der Waals surface area (Å²) < 4.78 is 0. The number of piperidine rings is 1. The Morgan fingerprint density at radius 3 is 2.41 bits per heavy atom. The molecular weight excluding hydrogens is 481 g/mol. The maximum Gasteiger partial charge on any atom is 0.229 e. The normalized spacial score (nSPS) is 18.0.